The van der Waals surface area contributed by atoms with Gasteiger partial charge in [-0.1, -0.05) is 79.0 Å². The first kappa shape index (κ1) is 37.5. The van der Waals surface area contributed by atoms with Crippen molar-refractivity contribution < 1.29 is 0 Å². The van der Waals surface area contributed by atoms with Crippen LogP contribution in [0.1, 0.15) is 123 Å². The second-order valence-electron chi connectivity index (χ2n) is 7.52. The molecule has 0 aromatic heterocycles. The standard InChI is InChI=1S/3C6H12.2C5H10/c1-5(2)6(3)4;1-4-5-6(2)3;1-4-6(3)5-2;1-4-5(2)3;1-3-5-4-2/h1-4H3;5H,4H2,1-3H3;4H,5H2,1-3H3;4H,1-3H3;3,5H,4H2,1-2H3/b;;6-4-;;5-3-. The molecule has 0 heterocycles. The van der Waals surface area contributed by atoms with Crippen molar-refractivity contribution in [3.05, 3.63) is 58.2 Å². The van der Waals surface area contributed by atoms with Gasteiger partial charge in [0, 0.05) is 0 Å². The van der Waals surface area contributed by atoms with Crippen molar-refractivity contribution in [2.75, 3.05) is 0 Å². The summed E-state index contributed by atoms with van der Waals surface area (Å²) >= 11 is 0. The molecule has 0 radical (unpaired) electrons. The van der Waals surface area contributed by atoms with Crippen molar-refractivity contribution in [1.82, 2.24) is 0 Å². The Kier molecular flexibility index (Phi) is 44.5. The molecular formula is C28H56. The van der Waals surface area contributed by atoms with Crippen LogP contribution in [0.3, 0.4) is 0 Å². The van der Waals surface area contributed by atoms with Crippen molar-refractivity contribution in [2.24, 2.45) is 0 Å². The van der Waals surface area contributed by atoms with E-state index >= 15 is 0 Å². The molecule has 0 saturated carbocycles. The highest BCUT2D eigenvalue weighted by Crippen LogP contribution is 1.97. The minimum atomic E-state index is 1.16. The van der Waals surface area contributed by atoms with Crippen LogP contribution in [-0.2, 0) is 0 Å². The molecule has 0 unspecified atom stereocenters. The Bertz CT molecular complexity index is 411. The van der Waals surface area contributed by atoms with Gasteiger partial charge in [0.2, 0.25) is 0 Å². The Labute approximate surface area is 181 Å². The number of hydrogen-bond acceptors (Lipinski definition) is 0. The predicted octanol–water partition coefficient (Wildman–Crippen LogP) is 11.0. The lowest BCUT2D eigenvalue weighted by molar-refractivity contribution is 1.09. The van der Waals surface area contributed by atoms with E-state index in [9.17, 15) is 0 Å². The summed E-state index contributed by atoms with van der Waals surface area (Å²) in [6, 6.07) is 0. The molecule has 0 saturated heterocycles. The van der Waals surface area contributed by atoms with Crippen LogP contribution in [0, 0.1) is 0 Å². The van der Waals surface area contributed by atoms with Crippen LogP contribution in [0.15, 0.2) is 58.2 Å². The van der Waals surface area contributed by atoms with E-state index in [2.05, 4.69) is 120 Å². The molecule has 0 aromatic carbocycles. The SMILES string of the molecule is C/C=C(/C)CC.C/C=C\CC.CC(C)=C(C)C.CC=C(C)C.CCC=C(C)C. The van der Waals surface area contributed by atoms with Gasteiger partial charge in [0.25, 0.3) is 0 Å². The van der Waals surface area contributed by atoms with Gasteiger partial charge >= 0.3 is 0 Å². The zero-order valence-electron chi connectivity index (χ0n) is 22.5. The summed E-state index contributed by atoms with van der Waals surface area (Å²) in [7, 11) is 0. The molecule has 0 aliphatic heterocycles. The topological polar surface area (TPSA) is 0 Å². The number of allylic oxidation sites excluding steroid dienone is 10. The summed E-state index contributed by atoms with van der Waals surface area (Å²) in [5.41, 5.74) is 7.11. The number of rotatable bonds is 3. The quantitative estimate of drug-likeness (QED) is 0.419. The molecule has 0 amide bonds. The fourth-order valence-electron chi connectivity index (χ4n) is 0.848. The van der Waals surface area contributed by atoms with Gasteiger partial charge in [-0.3, -0.25) is 0 Å². The van der Waals surface area contributed by atoms with Crippen molar-refractivity contribution in [2.45, 2.75) is 123 Å². The van der Waals surface area contributed by atoms with E-state index < -0.39 is 0 Å². The highest BCUT2D eigenvalue weighted by Gasteiger charge is 1.75. The van der Waals surface area contributed by atoms with Gasteiger partial charge in [-0.25, -0.2) is 0 Å². The molecule has 168 valence electrons. The molecule has 0 rings (SSSR count). The average Bonchev–Trinajstić information content (AvgIpc) is 2.63. The maximum Gasteiger partial charge on any atom is -0.0352 e. The van der Waals surface area contributed by atoms with Crippen LogP contribution in [0.5, 0.6) is 0 Å². The van der Waals surface area contributed by atoms with Crippen LogP contribution in [0.25, 0.3) is 0 Å². The molecule has 28 heavy (non-hydrogen) atoms. The van der Waals surface area contributed by atoms with E-state index in [1.54, 1.807) is 0 Å². The Morgan fingerprint density at radius 1 is 0.571 bits per heavy atom. The molecular weight excluding hydrogens is 336 g/mol. The summed E-state index contributed by atoms with van der Waals surface area (Å²) < 4.78 is 0. The molecule has 0 nitrogen and oxygen atoms in total. The Morgan fingerprint density at radius 2 is 0.964 bits per heavy atom. The van der Waals surface area contributed by atoms with Gasteiger partial charge < -0.3 is 0 Å². The second kappa shape index (κ2) is 33.3. The largest absolute Gasteiger partial charge is 0.0917 e. The predicted molar refractivity (Wildman–Crippen MR) is 139 cm³/mol. The third kappa shape index (κ3) is 73.9. The van der Waals surface area contributed by atoms with Crippen LogP contribution in [0.2, 0.25) is 0 Å². The first-order chi connectivity index (χ1) is 12.9. The zero-order chi connectivity index (χ0) is 23.5. The molecule has 0 aliphatic carbocycles. The van der Waals surface area contributed by atoms with Gasteiger partial charge in [-0.05, 0) is 102 Å². The van der Waals surface area contributed by atoms with Crippen molar-refractivity contribution in [3.63, 3.8) is 0 Å². The zero-order valence-corrected chi connectivity index (χ0v) is 22.5. The van der Waals surface area contributed by atoms with Gasteiger partial charge in [0.15, 0.2) is 0 Å². The summed E-state index contributed by atoms with van der Waals surface area (Å²) in [5, 5.41) is 0. The number of hydrogen-bond donors (Lipinski definition) is 0. The maximum atomic E-state index is 2.21. The van der Waals surface area contributed by atoms with Crippen molar-refractivity contribution in [3.8, 4) is 0 Å². The van der Waals surface area contributed by atoms with Gasteiger partial charge in [0.1, 0.15) is 0 Å². The van der Waals surface area contributed by atoms with E-state index in [4.69, 9.17) is 0 Å². The summed E-state index contributed by atoms with van der Waals surface area (Å²) in [4.78, 5) is 0. The van der Waals surface area contributed by atoms with E-state index in [-0.39, 0.29) is 0 Å². The Morgan fingerprint density at radius 3 is 0.964 bits per heavy atom. The van der Waals surface area contributed by atoms with Crippen molar-refractivity contribution in [1.29, 1.82) is 0 Å². The lowest BCUT2D eigenvalue weighted by atomic mass is 10.2. The van der Waals surface area contributed by atoms with Gasteiger partial charge in [0.05, 0.1) is 0 Å². The molecule has 0 heteroatoms. The third-order valence-electron chi connectivity index (χ3n) is 3.71. The Hall–Kier alpha value is -1.30. The van der Waals surface area contributed by atoms with Crippen molar-refractivity contribution >= 4 is 0 Å². The van der Waals surface area contributed by atoms with Crippen LogP contribution >= 0.6 is 0 Å². The summed E-state index contributed by atoms with van der Waals surface area (Å²) in [5.74, 6) is 0. The highest BCUT2D eigenvalue weighted by molar-refractivity contribution is 5.02. The lowest BCUT2D eigenvalue weighted by Gasteiger charge is -1.88. The molecule has 0 atom stereocenters. The van der Waals surface area contributed by atoms with Crippen LogP contribution < -0.4 is 0 Å². The monoisotopic (exact) mass is 392 g/mol. The lowest BCUT2D eigenvalue weighted by Crippen LogP contribution is -1.66. The fraction of sp³-hybridized carbons (Fsp3) is 0.643. The van der Waals surface area contributed by atoms with E-state index in [1.807, 2.05) is 13.8 Å². The Balaban J connectivity index is -0.0000000789. The van der Waals surface area contributed by atoms with Gasteiger partial charge in [-0.2, -0.15) is 0 Å². The van der Waals surface area contributed by atoms with Gasteiger partial charge in [-0.15, -0.1) is 0 Å². The normalized spacial score (nSPS) is 9.04. The minimum absolute atomic E-state index is 1.16. The molecule has 0 aliphatic rings. The fourth-order valence-corrected chi connectivity index (χ4v) is 0.848. The molecule has 0 spiro atoms. The van der Waals surface area contributed by atoms with E-state index in [1.165, 1.54) is 40.7 Å². The molecule has 0 fully saturated rings. The molecule has 0 bridgehead atoms. The average molecular weight is 393 g/mol. The second-order valence-corrected chi connectivity index (χ2v) is 7.52. The van der Waals surface area contributed by atoms with Crippen LogP contribution in [-0.4, -0.2) is 0 Å². The molecule has 0 N–H and O–H groups in total. The smallest absolute Gasteiger partial charge is 0.0352 e. The summed E-state index contributed by atoms with van der Waals surface area (Å²) in [6.07, 6.45) is 14.1. The van der Waals surface area contributed by atoms with E-state index in [0.29, 0.717) is 0 Å². The highest BCUT2D eigenvalue weighted by atomic mass is 13.8. The maximum absolute atomic E-state index is 2.21. The third-order valence-corrected chi connectivity index (χ3v) is 3.71. The first-order valence-corrected chi connectivity index (χ1v) is 11.0. The summed E-state index contributed by atoms with van der Waals surface area (Å²) in [6.45, 7) is 31.6. The molecule has 0 aromatic rings. The first-order valence-electron chi connectivity index (χ1n) is 11.0. The minimum Gasteiger partial charge on any atom is -0.0917 e. The van der Waals surface area contributed by atoms with Crippen LogP contribution in [0.4, 0.5) is 0 Å². The van der Waals surface area contributed by atoms with E-state index in [0.717, 1.165) is 6.42 Å².